The molecule has 2 rings (SSSR count). The number of sulfone groups is 1. The largest absolute Gasteiger partial charge is 0.377 e. The van der Waals surface area contributed by atoms with Crippen LogP contribution in [-0.2, 0) is 19.9 Å². The van der Waals surface area contributed by atoms with Gasteiger partial charge in [-0.25, -0.2) is 27.0 Å². The molecule has 2 aromatic rings. The Labute approximate surface area is 152 Å². The molecule has 0 amide bonds. The third kappa shape index (κ3) is 5.18. The first kappa shape index (κ1) is 19.7. The van der Waals surface area contributed by atoms with Crippen molar-refractivity contribution in [2.24, 2.45) is 5.14 Å². The van der Waals surface area contributed by atoms with E-state index in [1.807, 2.05) is 0 Å². The molecule has 0 fully saturated rings. The number of aliphatic hydroxyl groups excluding tert-OH is 1. The number of hydrogen-bond acceptors (Lipinski definition) is 8. The van der Waals surface area contributed by atoms with E-state index in [4.69, 9.17) is 5.14 Å². The number of rotatable bonds is 7. The molecule has 0 aliphatic rings. The molecular weight excluding hydrogens is 442 g/mol. The maximum Gasteiger partial charge on any atom is 0.210 e. The molecule has 0 saturated carbocycles. The summed E-state index contributed by atoms with van der Waals surface area (Å²) in [5, 5.41) is 16.5. The number of aliphatic hydroxyl groups is 1. The molecule has 2 unspecified atom stereocenters. The van der Waals surface area contributed by atoms with E-state index in [0.717, 1.165) is 26.8 Å². The number of fused-ring (bicyclic) bond motifs is 1. The minimum absolute atomic E-state index is 0.178. The van der Waals surface area contributed by atoms with Crippen LogP contribution in [0.3, 0.4) is 0 Å². The zero-order chi connectivity index (χ0) is 18.1. The molecule has 8 nitrogen and oxygen atoms in total. The van der Waals surface area contributed by atoms with E-state index in [9.17, 15) is 21.9 Å². The summed E-state index contributed by atoms with van der Waals surface area (Å²) in [6.07, 6.45) is -0.518. The third-order valence-electron chi connectivity index (χ3n) is 3.10. The first-order chi connectivity index (χ1) is 11.0. The molecule has 24 heavy (non-hydrogen) atoms. The summed E-state index contributed by atoms with van der Waals surface area (Å²) in [5.41, 5.74) is 0.614. The van der Waals surface area contributed by atoms with Gasteiger partial charge in [0.1, 0.15) is 11.2 Å². The number of sulfonamides is 1. The van der Waals surface area contributed by atoms with Crippen molar-refractivity contribution < 1.29 is 21.9 Å². The summed E-state index contributed by atoms with van der Waals surface area (Å²) in [5.74, 6) is -0.423. The van der Waals surface area contributed by atoms with Gasteiger partial charge < -0.3 is 5.11 Å². The summed E-state index contributed by atoms with van der Waals surface area (Å²) in [4.78, 5) is 4.27. The van der Waals surface area contributed by atoms with Crippen LogP contribution in [0.5, 0.6) is 0 Å². The Kier molecular flexibility index (Phi) is 6.00. The van der Waals surface area contributed by atoms with Gasteiger partial charge in [-0.1, -0.05) is 15.9 Å². The third-order valence-corrected chi connectivity index (χ3v) is 7.02. The summed E-state index contributed by atoms with van der Waals surface area (Å²) >= 11 is 4.48. The fourth-order valence-corrected chi connectivity index (χ4v) is 5.63. The number of primary sulfonamides is 1. The number of benzene rings is 1. The van der Waals surface area contributed by atoms with E-state index in [1.54, 1.807) is 18.2 Å². The molecule has 0 aliphatic carbocycles. The highest BCUT2D eigenvalue weighted by atomic mass is 79.9. The summed E-state index contributed by atoms with van der Waals surface area (Å²) in [6.45, 7) is -0.178. The predicted octanol–water partition coefficient (Wildman–Crippen LogP) is 0.341. The highest BCUT2D eigenvalue weighted by molar-refractivity contribution is 9.10. The van der Waals surface area contributed by atoms with Crippen molar-refractivity contribution in [3.05, 3.63) is 27.7 Å². The van der Waals surface area contributed by atoms with Crippen molar-refractivity contribution in [3.8, 4) is 0 Å². The number of hydrogen-bond donors (Lipinski definition) is 3. The first-order valence-corrected chi connectivity index (χ1v) is 11.9. The molecule has 0 saturated heterocycles. The first-order valence-electron chi connectivity index (χ1n) is 6.64. The molecule has 1 aromatic carbocycles. The lowest BCUT2D eigenvalue weighted by Crippen LogP contribution is -2.41. The molecule has 0 aliphatic heterocycles. The van der Waals surface area contributed by atoms with Crippen LogP contribution in [0, 0.1) is 0 Å². The number of aromatic nitrogens is 1. The van der Waals surface area contributed by atoms with Gasteiger partial charge in [0.2, 0.25) is 10.0 Å². The maximum absolute atomic E-state index is 12.1. The van der Waals surface area contributed by atoms with Gasteiger partial charge in [0.25, 0.3) is 0 Å². The van der Waals surface area contributed by atoms with E-state index in [0.29, 0.717) is 5.52 Å². The van der Waals surface area contributed by atoms with Crippen molar-refractivity contribution in [1.82, 2.24) is 10.3 Å². The van der Waals surface area contributed by atoms with Gasteiger partial charge >= 0.3 is 0 Å². The van der Waals surface area contributed by atoms with Crippen LogP contribution in [0.4, 0.5) is 0 Å². The van der Waals surface area contributed by atoms with Crippen LogP contribution in [0.25, 0.3) is 10.2 Å². The standard InChI is InChI=1S/C12H16BrN3O5S3/c1-23(18,19)10(11(17)15-4-5-24(14,20)21)12-16-8-3-2-7(13)6-9(8)22-12/h2-3,6,10-11,15,17H,4-5H2,1H3,(H2,14,20,21). The lowest BCUT2D eigenvalue weighted by molar-refractivity contribution is 0.134. The Bertz CT molecular complexity index is 942. The highest BCUT2D eigenvalue weighted by Gasteiger charge is 2.33. The summed E-state index contributed by atoms with van der Waals surface area (Å²) in [7, 11) is -7.41. The molecule has 0 radical (unpaired) electrons. The molecule has 0 spiro atoms. The Hall–Kier alpha value is -0.630. The zero-order valence-electron chi connectivity index (χ0n) is 12.5. The van der Waals surface area contributed by atoms with Gasteiger partial charge in [-0.2, -0.15) is 0 Å². The SMILES string of the molecule is CS(=O)(=O)C(c1nc2ccc(Br)cc2s1)C(O)NCCS(N)(=O)=O. The zero-order valence-corrected chi connectivity index (χ0v) is 16.5. The van der Waals surface area contributed by atoms with Gasteiger partial charge in [-0.3, -0.25) is 5.32 Å². The Morgan fingerprint density at radius 1 is 1.38 bits per heavy atom. The second-order valence-corrected chi connectivity index (χ2v) is 11.1. The number of nitrogens with two attached hydrogens (primary N) is 1. The van der Waals surface area contributed by atoms with Gasteiger partial charge in [-0.05, 0) is 18.2 Å². The van der Waals surface area contributed by atoms with E-state index in [1.165, 1.54) is 0 Å². The smallest absolute Gasteiger partial charge is 0.210 e. The van der Waals surface area contributed by atoms with Crippen molar-refractivity contribution in [2.45, 2.75) is 11.5 Å². The molecular formula is C12H16BrN3O5S3. The second kappa shape index (κ2) is 7.32. The minimum atomic E-state index is -3.71. The van der Waals surface area contributed by atoms with E-state index < -0.39 is 37.1 Å². The van der Waals surface area contributed by atoms with Crippen LogP contribution in [0.15, 0.2) is 22.7 Å². The lowest BCUT2D eigenvalue weighted by atomic mass is 10.3. The van der Waals surface area contributed by atoms with Crippen LogP contribution in [0.2, 0.25) is 0 Å². The minimum Gasteiger partial charge on any atom is -0.377 e. The average molecular weight is 458 g/mol. The van der Waals surface area contributed by atoms with Crippen molar-refractivity contribution in [2.75, 3.05) is 18.6 Å². The van der Waals surface area contributed by atoms with Gasteiger partial charge in [-0.15, -0.1) is 11.3 Å². The summed E-state index contributed by atoms with van der Waals surface area (Å²) in [6, 6.07) is 5.32. The Balaban J connectivity index is 2.30. The number of nitrogens with zero attached hydrogens (tertiary/aromatic N) is 1. The molecule has 1 aromatic heterocycles. The van der Waals surface area contributed by atoms with Crippen LogP contribution >= 0.6 is 27.3 Å². The number of halogens is 1. The molecule has 12 heteroatoms. The lowest BCUT2D eigenvalue weighted by Gasteiger charge is -2.20. The molecule has 2 atom stereocenters. The Morgan fingerprint density at radius 2 is 2.04 bits per heavy atom. The fourth-order valence-electron chi connectivity index (χ4n) is 2.05. The van der Waals surface area contributed by atoms with Gasteiger partial charge in [0.15, 0.2) is 15.1 Å². The quantitative estimate of drug-likeness (QED) is 0.509. The van der Waals surface area contributed by atoms with E-state index in [-0.39, 0.29) is 11.6 Å². The normalized spacial score (nSPS) is 15.5. The van der Waals surface area contributed by atoms with Crippen molar-refractivity contribution >= 4 is 57.3 Å². The Morgan fingerprint density at radius 3 is 2.62 bits per heavy atom. The second-order valence-electron chi connectivity index (χ2n) is 5.18. The van der Waals surface area contributed by atoms with Gasteiger partial charge in [0.05, 0.1) is 16.0 Å². The summed E-state index contributed by atoms with van der Waals surface area (Å²) < 4.78 is 47.6. The van der Waals surface area contributed by atoms with E-state index in [2.05, 4.69) is 26.2 Å². The molecule has 4 N–H and O–H groups in total. The monoisotopic (exact) mass is 457 g/mol. The maximum atomic E-state index is 12.1. The highest BCUT2D eigenvalue weighted by Crippen LogP contribution is 2.33. The number of nitrogens with one attached hydrogen (secondary N) is 1. The number of thiazole rings is 1. The van der Waals surface area contributed by atoms with Gasteiger partial charge in [0, 0.05) is 17.3 Å². The van der Waals surface area contributed by atoms with Crippen LogP contribution in [0.1, 0.15) is 10.3 Å². The molecule has 1 heterocycles. The fraction of sp³-hybridized carbons (Fsp3) is 0.417. The van der Waals surface area contributed by atoms with Crippen LogP contribution < -0.4 is 10.5 Å². The predicted molar refractivity (Wildman–Crippen MR) is 96.9 cm³/mol. The van der Waals surface area contributed by atoms with Crippen molar-refractivity contribution in [1.29, 1.82) is 0 Å². The average Bonchev–Trinajstić information content (AvgIpc) is 2.77. The molecule has 0 bridgehead atoms. The van der Waals surface area contributed by atoms with E-state index >= 15 is 0 Å². The topological polar surface area (TPSA) is 139 Å². The molecule has 134 valence electrons. The van der Waals surface area contributed by atoms with Crippen molar-refractivity contribution in [3.63, 3.8) is 0 Å². The van der Waals surface area contributed by atoms with Crippen LogP contribution in [-0.4, -0.2) is 51.7 Å².